The van der Waals surface area contributed by atoms with E-state index < -0.39 is 0 Å². The summed E-state index contributed by atoms with van der Waals surface area (Å²) in [5, 5.41) is 10.2. The molecule has 0 bridgehead atoms. The molecule has 0 saturated carbocycles. The maximum Gasteiger partial charge on any atom is 0.319 e. The van der Waals surface area contributed by atoms with Gasteiger partial charge in [-0.1, -0.05) is 25.0 Å². The van der Waals surface area contributed by atoms with Gasteiger partial charge in [0.15, 0.2) is 0 Å². The molecule has 1 aliphatic heterocycles. The summed E-state index contributed by atoms with van der Waals surface area (Å²) in [4.78, 5) is 14.9. The first-order chi connectivity index (χ1) is 12.8. The van der Waals surface area contributed by atoms with Crippen LogP contribution in [0.4, 0.5) is 10.5 Å². The minimum atomic E-state index is -0.204. The van der Waals surface area contributed by atoms with Crippen molar-refractivity contribution in [1.29, 1.82) is 0 Å². The zero-order valence-corrected chi connectivity index (χ0v) is 16.1. The highest BCUT2D eigenvalue weighted by atomic mass is 32.1. The Balaban J connectivity index is 1.62. The normalized spacial score (nSPS) is 16.5. The van der Waals surface area contributed by atoms with Crippen LogP contribution in [0.15, 0.2) is 41.1 Å². The Bertz CT molecular complexity index is 682. The summed E-state index contributed by atoms with van der Waals surface area (Å²) in [5.41, 5.74) is 1.96. The van der Waals surface area contributed by atoms with E-state index in [9.17, 15) is 4.79 Å². The molecule has 2 aromatic rings. The summed E-state index contributed by atoms with van der Waals surface area (Å²) in [7, 11) is 1.60. The number of hydrogen-bond acceptors (Lipinski definition) is 4. The molecular weight excluding hydrogens is 346 g/mol. The first-order valence-corrected chi connectivity index (χ1v) is 10.2. The topological polar surface area (TPSA) is 53.6 Å². The van der Waals surface area contributed by atoms with Gasteiger partial charge in [-0.15, -0.1) is 0 Å². The van der Waals surface area contributed by atoms with Gasteiger partial charge in [0, 0.05) is 6.54 Å². The maximum atomic E-state index is 12.4. The van der Waals surface area contributed by atoms with Gasteiger partial charge >= 0.3 is 6.03 Å². The number of amides is 2. The third-order valence-corrected chi connectivity index (χ3v) is 5.52. The van der Waals surface area contributed by atoms with Gasteiger partial charge in [0.2, 0.25) is 0 Å². The average molecular weight is 374 g/mol. The summed E-state index contributed by atoms with van der Waals surface area (Å²) in [6, 6.07) is 9.62. The van der Waals surface area contributed by atoms with E-state index >= 15 is 0 Å². The molecule has 2 heterocycles. The van der Waals surface area contributed by atoms with Crippen molar-refractivity contribution in [3.8, 4) is 5.75 Å². The fraction of sp³-hybridized carbons (Fsp3) is 0.450. The number of thiophene rings is 1. The van der Waals surface area contributed by atoms with Gasteiger partial charge in [-0.05, 0) is 60.5 Å². The second-order valence-electron chi connectivity index (χ2n) is 6.56. The molecule has 26 heavy (non-hydrogen) atoms. The van der Waals surface area contributed by atoms with E-state index in [0.717, 1.165) is 13.1 Å². The van der Waals surface area contributed by atoms with Gasteiger partial charge in [-0.2, -0.15) is 11.3 Å². The number of nitrogens with zero attached hydrogens (tertiary/aromatic N) is 1. The van der Waals surface area contributed by atoms with Crippen molar-refractivity contribution in [3.05, 3.63) is 46.7 Å². The summed E-state index contributed by atoms with van der Waals surface area (Å²) >= 11 is 1.71. The first kappa shape index (κ1) is 18.7. The van der Waals surface area contributed by atoms with E-state index in [2.05, 4.69) is 32.4 Å². The summed E-state index contributed by atoms with van der Waals surface area (Å²) in [6.45, 7) is 2.78. The molecular formula is C20H27N3O2S. The summed E-state index contributed by atoms with van der Waals surface area (Å²) in [6.07, 6.45) is 5.06. The lowest BCUT2D eigenvalue weighted by Gasteiger charge is -2.30. The number of benzene rings is 1. The van der Waals surface area contributed by atoms with Crippen LogP contribution in [0.1, 0.15) is 37.3 Å². The number of ether oxygens (including phenoxy) is 1. The van der Waals surface area contributed by atoms with Crippen LogP contribution in [0.5, 0.6) is 5.75 Å². The minimum Gasteiger partial charge on any atom is -0.495 e. The Hall–Kier alpha value is -2.05. The monoisotopic (exact) mass is 373 g/mol. The molecule has 5 nitrogen and oxygen atoms in total. The number of anilines is 1. The summed E-state index contributed by atoms with van der Waals surface area (Å²) < 4.78 is 5.29. The molecule has 1 fully saturated rings. The van der Waals surface area contributed by atoms with Crippen LogP contribution in [0, 0.1) is 0 Å². The number of nitrogens with one attached hydrogen (secondary N) is 2. The smallest absolute Gasteiger partial charge is 0.319 e. The van der Waals surface area contributed by atoms with E-state index in [1.807, 2.05) is 24.3 Å². The second kappa shape index (κ2) is 9.59. The fourth-order valence-electron chi connectivity index (χ4n) is 3.43. The van der Waals surface area contributed by atoms with Crippen molar-refractivity contribution in [3.63, 3.8) is 0 Å². The van der Waals surface area contributed by atoms with E-state index in [1.54, 1.807) is 18.4 Å². The van der Waals surface area contributed by atoms with Gasteiger partial charge in [-0.25, -0.2) is 4.79 Å². The minimum absolute atomic E-state index is 0.204. The highest BCUT2D eigenvalue weighted by molar-refractivity contribution is 7.07. The number of methoxy groups -OCH3 is 1. The van der Waals surface area contributed by atoms with Crippen molar-refractivity contribution in [2.75, 3.05) is 32.1 Å². The van der Waals surface area contributed by atoms with Crippen molar-refractivity contribution in [2.45, 2.75) is 31.7 Å². The predicted molar refractivity (Wildman–Crippen MR) is 107 cm³/mol. The lowest BCUT2D eigenvalue weighted by molar-refractivity contribution is 0.199. The van der Waals surface area contributed by atoms with Gasteiger partial charge in [0.1, 0.15) is 5.75 Å². The maximum absolute atomic E-state index is 12.4. The SMILES string of the molecule is COc1ccccc1NC(=O)NCC(c1ccsc1)N1CCCCCC1. The standard InChI is InChI=1S/C20H27N3O2S/c1-25-19-9-5-4-8-17(19)22-20(24)21-14-18(16-10-13-26-15-16)23-11-6-2-3-7-12-23/h4-5,8-10,13,15,18H,2-3,6-7,11-12,14H2,1H3,(H2,21,22,24). The lowest BCUT2D eigenvalue weighted by atomic mass is 10.1. The largest absolute Gasteiger partial charge is 0.495 e. The lowest BCUT2D eigenvalue weighted by Crippen LogP contribution is -2.40. The van der Waals surface area contributed by atoms with Crippen molar-refractivity contribution < 1.29 is 9.53 Å². The van der Waals surface area contributed by atoms with Crippen LogP contribution in [0.25, 0.3) is 0 Å². The number of rotatable bonds is 6. The molecule has 6 heteroatoms. The van der Waals surface area contributed by atoms with Crippen LogP contribution in [-0.4, -0.2) is 37.7 Å². The highest BCUT2D eigenvalue weighted by Gasteiger charge is 2.22. The average Bonchev–Trinajstić information content (AvgIpc) is 3.05. The van der Waals surface area contributed by atoms with Crippen LogP contribution in [0.2, 0.25) is 0 Å². The molecule has 0 spiro atoms. The molecule has 3 rings (SSSR count). The van der Waals surface area contributed by atoms with Gasteiger partial charge in [0.25, 0.3) is 0 Å². The van der Waals surface area contributed by atoms with Crippen molar-refractivity contribution >= 4 is 23.1 Å². The Morgan fingerprint density at radius 3 is 2.65 bits per heavy atom. The quantitative estimate of drug-likeness (QED) is 0.784. The molecule has 1 aromatic heterocycles. The molecule has 1 saturated heterocycles. The van der Waals surface area contributed by atoms with Crippen LogP contribution in [0.3, 0.4) is 0 Å². The van der Waals surface area contributed by atoms with Crippen molar-refractivity contribution in [2.24, 2.45) is 0 Å². The van der Waals surface area contributed by atoms with Gasteiger partial charge < -0.3 is 15.4 Å². The zero-order valence-electron chi connectivity index (χ0n) is 15.2. The van der Waals surface area contributed by atoms with E-state index in [0.29, 0.717) is 18.0 Å². The Kier molecular flexibility index (Phi) is 6.91. The highest BCUT2D eigenvalue weighted by Crippen LogP contribution is 2.26. The van der Waals surface area contributed by atoms with Crippen LogP contribution >= 0.6 is 11.3 Å². The van der Waals surface area contributed by atoms with Gasteiger partial charge in [-0.3, -0.25) is 4.90 Å². The Morgan fingerprint density at radius 2 is 1.96 bits per heavy atom. The number of carbonyl (C=O) groups excluding carboxylic acids is 1. The first-order valence-electron chi connectivity index (χ1n) is 9.22. The molecule has 1 aromatic carbocycles. The second-order valence-corrected chi connectivity index (χ2v) is 7.34. The molecule has 140 valence electrons. The van der Waals surface area contributed by atoms with Crippen LogP contribution in [-0.2, 0) is 0 Å². The number of carbonyl (C=O) groups is 1. The molecule has 0 radical (unpaired) electrons. The number of likely N-dealkylation sites (tertiary alicyclic amines) is 1. The van der Waals surface area contributed by atoms with Crippen molar-refractivity contribution in [1.82, 2.24) is 10.2 Å². The van der Waals surface area contributed by atoms with E-state index in [1.165, 1.54) is 31.2 Å². The molecule has 2 amide bonds. The van der Waals surface area contributed by atoms with E-state index in [4.69, 9.17) is 4.74 Å². The number of para-hydroxylation sites is 2. The summed E-state index contributed by atoms with van der Waals surface area (Å²) in [5.74, 6) is 0.657. The third kappa shape index (κ3) is 4.99. The fourth-order valence-corrected chi connectivity index (χ4v) is 4.14. The number of urea groups is 1. The molecule has 1 unspecified atom stereocenters. The Labute approximate surface area is 159 Å². The molecule has 2 N–H and O–H groups in total. The third-order valence-electron chi connectivity index (χ3n) is 4.82. The Morgan fingerprint density at radius 1 is 1.19 bits per heavy atom. The number of hydrogen-bond donors (Lipinski definition) is 2. The van der Waals surface area contributed by atoms with Crippen LogP contribution < -0.4 is 15.4 Å². The van der Waals surface area contributed by atoms with E-state index in [-0.39, 0.29) is 12.1 Å². The zero-order chi connectivity index (χ0) is 18.2. The molecule has 0 aliphatic carbocycles. The molecule has 1 aliphatic rings. The molecule has 1 atom stereocenters. The predicted octanol–water partition coefficient (Wildman–Crippen LogP) is 4.50. The van der Waals surface area contributed by atoms with Gasteiger partial charge in [0.05, 0.1) is 18.8 Å².